The Balaban J connectivity index is 1.81. The molecular formula is C18H25NO3. The van der Waals surface area contributed by atoms with Gasteiger partial charge in [-0.05, 0) is 49.4 Å². The molecular weight excluding hydrogens is 278 g/mol. The van der Waals surface area contributed by atoms with E-state index in [1.54, 1.807) is 24.3 Å². The highest BCUT2D eigenvalue weighted by Gasteiger charge is 2.28. The Kier molecular flexibility index (Phi) is 5.58. The molecule has 120 valence electrons. The minimum Gasteiger partial charge on any atom is -0.484 e. The molecule has 22 heavy (non-hydrogen) atoms. The number of hydrogen-bond acceptors (Lipinski definition) is 3. The van der Waals surface area contributed by atoms with Crippen LogP contribution in [0.3, 0.4) is 0 Å². The molecule has 0 bridgehead atoms. The molecule has 0 aliphatic heterocycles. The van der Waals surface area contributed by atoms with Gasteiger partial charge in [-0.1, -0.05) is 26.7 Å². The number of hydrogen-bond donors (Lipinski definition) is 1. The molecule has 0 spiro atoms. The van der Waals surface area contributed by atoms with Gasteiger partial charge >= 0.3 is 0 Å². The highest BCUT2D eigenvalue weighted by Crippen LogP contribution is 2.29. The SMILES string of the molecule is CC(=O)c1ccc(OCC(=O)NC2CCCC(C)C2C)cc1. The van der Waals surface area contributed by atoms with Gasteiger partial charge in [0.05, 0.1) is 0 Å². The Morgan fingerprint density at radius 1 is 1.18 bits per heavy atom. The normalized spacial score (nSPS) is 24.6. The summed E-state index contributed by atoms with van der Waals surface area (Å²) >= 11 is 0. The monoisotopic (exact) mass is 303 g/mol. The van der Waals surface area contributed by atoms with Gasteiger partial charge in [0.15, 0.2) is 12.4 Å². The molecule has 1 aromatic carbocycles. The summed E-state index contributed by atoms with van der Waals surface area (Å²) in [7, 11) is 0. The number of ketones is 1. The maximum atomic E-state index is 12.0. The van der Waals surface area contributed by atoms with E-state index >= 15 is 0 Å². The van der Waals surface area contributed by atoms with Crippen molar-refractivity contribution in [2.45, 2.75) is 46.1 Å². The fourth-order valence-corrected chi connectivity index (χ4v) is 2.97. The summed E-state index contributed by atoms with van der Waals surface area (Å²) < 4.78 is 5.48. The molecule has 2 rings (SSSR count). The molecule has 1 saturated carbocycles. The van der Waals surface area contributed by atoms with Crippen molar-refractivity contribution >= 4 is 11.7 Å². The van der Waals surface area contributed by atoms with Gasteiger partial charge in [0.2, 0.25) is 0 Å². The number of amides is 1. The minimum absolute atomic E-state index is 0.0109. The maximum absolute atomic E-state index is 12.0. The zero-order valence-electron chi connectivity index (χ0n) is 13.6. The number of Topliss-reactive ketones (excluding diaryl/α,β-unsaturated/α-hetero) is 1. The average Bonchev–Trinajstić information content (AvgIpc) is 2.50. The van der Waals surface area contributed by atoms with Crippen LogP contribution in [0, 0.1) is 11.8 Å². The second-order valence-electron chi connectivity index (χ2n) is 6.31. The number of nitrogens with one attached hydrogen (secondary N) is 1. The van der Waals surface area contributed by atoms with E-state index in [1.807, 2.05) is 0 Å². The quantitative estimate of drug-likeness (QED) is 0.850. The molecule has 1 N–H and O–H groups in total. The van der Waals surface area contributed by atoms with Crippen LogP contribution in [-0.2, 0) is 4.79 Å². The predicted molar refractivity (Wildman–Crippen MR) is 86.1 cm³/mol. The molecule has 1 fully saturated rings. The molecule has 1 aliphatic carbocycles. The predicted octanol–water partition coefficient (Wildman–Crippen LogP) is 3.21. The lowest BCUT2D eigenvalue weighted by molar-refractivity contribution is -0.124. The van der Waals surface area contributed by atoms with Crippen LogP contribution in [0.5, 0.6) is 5.75 Å². The molecule has 1 aliphatic rings. The van der Waals surface area contributed by atoms with Crippen LogP contribution in [0.1, 0.15) is 50.4 Å². The van der Waals surface area contributed by atoms with Crippen molar-refractivity contribution in [3.05, 3.63) is 29.8 Å². The number of ether oxygens (including phenoxy) is 1. The highest BCUT2D eigenvalue weighted by molar-refractivity contribution is 5.94. The van der Waals surface area contributed by atoms with Crippen LogP contribution in [0.2, 0.25) is 0 Å². The summed E-state index contributed by atoms with van der Waals surface area (Å²) in [5, 5.41) is 3.08. The molecule has 1 amide bonds. The van der Waals surface area contributed by atoms with Crippen molar-refractivity contribution in [1.82, 2.24) is 5.32 Å². The van der Waals surface area contributed by atoms with Gasteiger partial charge in [-0.3, -0.25) is 9.59 Å². The minimum atomic E-state index is -0.0819. The Labute approximate surface area is 132 Å². The van der Waals surface area contributed by atoms with E-state index in [9.17, 15) is 9.59 Å². The van der Waals surface area contributed by atoms with Crippen LogP contribution >= 0.6 is 0 Å². The Morgan fingerprint density at radius 3 is 2.50 bits per heavy atom. The third-order valence-corrected chi connectivity index (χ3v) is 4.68. The smallest absolute Gasteiger partial charge is 0.258 e. The van der Waals surface area contributed by atoms with Gasteiger partial charge in [-0.2, -0.15) is 0 Å². The van der Waals surface area contributed by atoms with E-state index in [2.05, 4.69) is 19.2 Å². The molecule has 0 aromatic heterocycles. The van der Waals surface area contributed by atoms with E-state index < -0.39 is 0 Å². The summed E-state index contributed by atoms with van der Waals surface area (Å²) in [5.74, 6) is 1.70. The van der Waals surface area contributed by atoms with E-state index in [1.165, 1.54) is 19.8 Å². The Hall–Kier alpha value is -1.84. The first-order valence-corrected chi connectivity index (χ1v) is 8.00. The number of rotatable bonds is 5. The van der Waals surface area contributed by atoms with E-state index in [-0.39, 0.29) is 24.3 Å². The summed E-state index contributed by atoms with van der Waals surface area (Å²) in [5.41, 5.74) is 0.641. The van der Waals surface area contributed by atoms with Gasteiger partial charge < -0.3 is 10.1 Å². The fourth-order valence-electron chi connectivity index (χ4n) is 2.97. The zero-order valence-corrected chi connectivity index (χ0v) is 13.6. The Morgan fingerprint density at radius 2 is 1.86 bits per heavy atom. The number of benzene rings is 1. The molecule has 4 nitrogen and oxygen atoms in total. The van der Waals surface area contributed by atoms with Crippen LogP contribution in [0.25, 0.3) is 0 Å². The molecule has 3 atom stereocenters. The van der Waals surface area contributed by atoms with Crippen molar-refractivity contribution in [3.63, 3.8) is 0 Å². The second-order valence-corrected chi connectivity index (χ2v) is 6.31. The molecule has 0 heterocycles. The maximum Gasteiger partial charge on any atom is 0.258 e. The molecule has 3 unspecified atom stereocenters. The van der Waals surface area contributed by atoms with Crippen molar-refractivity contribution < 1.29 is 14.3 Å². The molecule has 0 radical (unpaired) electrons. The first kappa shape index (κ1) is 16.5. The van der Waals surface area contributed by atoms with E-state index in [0.29, 0.717) is 23.1 Å². The lowest BCUT2D eigenvalue weighted by Crippen LogP contribution is -2.45. The van der Waals surface area contributed by atoms with Crippen molar-refractivity contribution in [1.29, 1.82) is 0 Å². The summed E-state index contributed by atoms with van der Waals surface area (Å²) in [4.78, 5) is 23.2. The van der Waals surface area contributed by atoms with Gasteiger partial charge in [0.25, 0.3) is 5.91 Å². The summed E-state index contributed by atoms with van der Waals surface area (Å²) in [6.45, 7) is 5.98. The van der Waals surface area contributed by atoms with Gasteiger partial charge in [0, 0.05) is 11.6 Å². The van der Waals surface area contributed by atoms with E-state index in [0.717, 1.165) is 6.42 Å². The summed E-state index contributed by atoms with van der Waals surface area (Å²) in [6, 6.07) is 7.10. The van der Waals surface area contributed by atoms with Gasteiger partial charge in [-0.15, -0.1) is 0 Å². The van der Waals surface area contributed by atoms with Crippen molar-refractivity contribution in [2.24, 2.45) is 11.8 Å². The topological polar surface area (TPSA) is 55.4 Å². The van der Waals surface area contributed by atoms with E-state index in [4.69, 9.17) is 4.74 Å². The van der Waals surface area contributed by atoms with Crippen molar-refractivity contribution in [3.8, 4) is 5.75 Å². The summed E-state index contributed by atoms with van der Waals surface area (Å²) in [6.07, 6.45) is 3.46. The highest BCUT2D eigenvalue weighted by atomic mass is 16.5. The first-order valence-electron chi connectivity index (χ1n) is 8.00. The van der Waals surface area contributed by atoms with Gasteiger partial charge in [0.1, 0.15) is 5.75 Å². The Bertz CT molecular complexity index is 524. The van der Waals surface area contributed by atoms with Crippen LogP contribution in [0.15, 0.2) is 24.3 Å². The number of carbonyl (C=O) groups excluding carboxylic acids is 2. The fraction of sp³-hybridized carbons (Fsp3) is 0.556. The largest absolute Gasteiger partial charge is 0.484 e. The van der Waals surface area contributed by atoms with Crippen LogP contribution in [0.4, 0.5) is 0 Å². The number of carbonyl (C=O) groups is 2. The van der Waals surface area contributed by atoms with Crippen LogP contribution < -0.4 is 10.1 Å². The zero-order chi connectivity index (χ0) is 16.1. The average molecular weight is 303 g/mol. The third-order valence-electron chi connectivity index (χ3n) is 4.68. The molecule has 0 saturated heterocycles. The standard InChI is InChI=1S/C18H25NO3/c1-12-5-4-6-17(13(12)2)19-18(21)11-22-16-9-7-15(8-10-16)14(3)20/h7-10,12-13,17H,4-6,11H2,1-3H3,(H,19,21). The van der Waals surface area contributed by atoms with Crippen molar-refractivity contribution in [2.75, 3.05) is 6.61 Å². The lowest BCUT2D eigenvalue weighted by atomic mass is 9.78. The molecule has 1 aromatic rings. The first-order chi connectivity index (χ1) is 10.5. The third kappa shape index (κ3) is 4.33. The van der Waals surface area contributed by atoms with Gasteiger partial charge in [-0.25, -0.2) is 0 Å². The van der Waals surface area contributed by atoms with Crippen LogP contribution in [-0.4, -0.2) is 24.3 Å². The lowest BCUT2D eigenvalue weighted by Gasteiger charge is -2.34. The second kappa shape index (κ2) is 7.43. The molecule has 4 heteroatoms.